The molecule has 0 aliphatic carbocycles. The zero-order chi connectivity index (χ0) is 41.8. The molecule has 0 spiro atoms. The van der Waals surface area contributed by atoms with Gasteiger partial charge in [-0.15, -0.1) is 0 Å². The number of carbonyl (C=O) groups excluding carboxylic acids is 2. The Hall–Kier alpha value is -6.66. The van der Waals surface area contributed by atoms with Gasteiger partial charge in [0.05, 0.1) is 43.7 Å². The Balaban J connectivity index is 0.000000179. The fraction of sp³-hybridized carbons (Fsp3) is 0.217. The summed E-state index contributed by atoms with van der Waals surface area (Å²) in [6, 6.07) is 29.5. The molecular weight excluding hydrogens is 783 g/mol. The van der Waals surface area contributed by atoms with Crippen LogP contribution < -0.4 is 4.74 Å². The lowest BCUT2D eigenvalue weighted by molar-refractivity contribution is 0.0645. The van der Waals surface area contributed by atoms with Crippen LogP contribution in [0.4, 0.5) is 11.4 Å². The number of fused-ring (bicyclic) bond motifs is 2. The molecule has 2 aliphatic heterocycles. The Bertz CT molecular complexity index is 2650. The Labute approximate surface area is 353 Å². The molecule has 0 fully saturated rings. The Morgan fingerprint density at radius 2 is 1.15 bits per heavy atom. The third-order valence-corrected chi connectivity index (χ3v) is 10.7. The summed E-state index contributed by atoms with van der Waals surface area (Å²) in [6.45, 7) is 22.3. The second-order valence-electron chi connectivity index (χ2n) is 14.4. The van der Waals surface area contributed by atoms with E-state index in [1.165, 1.54) is 0 Å². The highest BCUT2D eigenvalue weighted by Gasteiger charge is 2.33. The zero-order valence-electron chi connectivity index (χ0n) is 32.9. The average Bonchev–Trinajstić information content (AvgIpc) is 3.90. The molecule has 2 amide bonds. The van der Waals surface area contributed by atoms with Crippen LogP contribution in [0, 0.1) is 13.1 Å². The van der Waals surface area contributed by atoms with Crippen molar-refractivity contribution in [2.75, 3.05) is 20.2 Å². The largest absolute Gasteiger partial charge is 0.496 e. The van der Waals surface area contributed by atoms with Crippen molar-refractivity contribution >= 4 is 52.5 Å². The van der Waals surface area contributed by atoms with E-state index >= 15 is 0 Å². The number of ether oxygens (including phenoxy) is 1. The molecule has 4 aromatic carbocycles. The van der Waals surface area contributed by atoms with Crippen LogP contribution in [0.5, 0.6) is 5.75 Å². The molecule has 0 saturated heterocycles. The molecule has 13 heteroatoms. The molecule has 296 valence electrons. The van der Waals surface area contributed by atoms with Gasteiger partial charge in [0.25, 0.3) is 11.8 Å². The van der Waals surface area contributed by atoms with E-state index in [0.717, 1.165) is 33.5 Å². The van der Waals surface area contributed by atoms with E-state index < -0.39 is 0 Å². The van der Waals surface area contributed by atoms with E-state index in [-0.39, 0.29) is 23.9 Å². The number of benzene rings is 4. The topological polar surface area (TPSA) is 94.2 Å². The van der Waals surface area contributed by atoms with Crippen molar-refractivity contribution in [1.29, 1.82) is 0 Å². The predicted octanol–water partition coefficient (Wildman–Crippen LogP) is 11.0. The van der Waals surface area contributed by atoms with Gasteiger partial charge in [0.15, 0.2) is 11.4 Å². The summed E-state index contributed by atoms with van der Waals surface area (Å²) in [5.41, 5.74) is 8.46. The molecular formula is C46H40Cl2N8O3. The summed E-state index contributed by atoms with van der Waals surface area (Å²) in [7, 11) is 1.58. The molecule has 0 radical (unpaired) electrons. The maximum absolute atomic E-state index is 13.2. The summed E-state index contributed by atoms with van der Waals surface area (Å²) in [6.07, 6.45) is 3.95. The van der Waals surface area contributed by atoms with Crippen molar-refractivity contribution in [3.05, 3.63) is 164 Å². The first-order chi connectivity index (χ1) is 28.5. The SMILES string of the molecule is [C-]#[N+]c1ccc(CN2C[C@H](C)n3nc(-c4ccc(Cl)cc4C=CC)cc3C2=O)cc1.[C-]#[N+]c1ccc(CN2C[C@H](C)n3nc(-c4ccc(Cl)cc4OC)cc3C2=O)cc1. The number of hydrogen-bond acceptors (Lipinski definition) is 5. The van der Waals surface area contributed by atoms with Crippen LogP contribution >= 0.6 is 23.2 Å². The molecule has 0 N–H and O–H groups in total. The number of hydrogen-bond donors (Lipinski definition) is 0. The average molecular weight is 824 g/mol. The summed E-state index contributed by atoms with van der Waals surface area (Å²) < 4.78 is 9.04. The van der Waals surface area contributed by atoms with Crippen LogP contribution in [0.2, 0.25) is 10.0 Å². The van der Waals surface area contributed by atoms with Crippen molar-refractivity contribution in [2.24, 2.45) is 0 Å². The predicted molar refractivity (Wildman–Crippen MR) is 231 cm³/mol. The third-order valence-electron chi connectivity index (χ3n) is 10.2. The Morgan fingerprint density at radius 3 is 1.61 bits per heavy atom. The van der Waals surface area contributed by atoms with Crippen LogP contribution in [0.25, 0.3) is 38.3 Å². The maximum atomic E-state index is 13.2. The van der Waals surface area contributed by atoms with E-state index in [1.807, 2.05) is 95.1 Å². The van der Waals surface area contributed by atoms with Gasteiger partial charge in [-0.2, -0.15) is 10.2 Å². The number of aromatic nitrogens is 4. The molecule has 0 bridgehead atoms. The maximum Gasteiger partial charge on any atom is 0.272 e. The van der Waals surface area contributed by atoms with E-state index in [9.17, 15) is 9.59 Å². The fourth-order valence-electron chi connectivity index (χ4n) is 7.35. The number of halogens is 2. The quantitative estimate of drug-likeness (QED) is 0.143. The van der Waals surface area contributed by atoms with Gasteiger partial charge in [0.1, 0.15) is 17.1 Å². The van der Waals surface area contributed by atoms with Gasteiger partial charge in [0, 0.05) is 47.4 Å². The van der Waals surface area contributed by atoms with Crippen LogP contribution in [0.1, 0.15) is 70.5 Å². The highest BCUT2D eigenvalue weighted by molar-refractivity contribution is 6.31. The number of methoxy groups -OCH3 is 1. The molecule has 0 unspecified atom stereocenters. The van der Waals surface area contributed by atoms with Crippen molar-refractivity contribution in [3.63, 3.8) is 0 Å². The molecule has 0 saturated carbocycles. The first kappa shape index (κ1) is 40.5. The molecule has 8 rings (SSSR count). The van der Waals surface area contributed by atoms with Gasteiger partial charge in [-0.25, -0.2) is 9.69 Å². The van der Waals surface area contributed by atoms with Gasteiger partial charge in [-0.1, -0.05) is 90.0 Å². The lowest BCUT2D eigenvalue weighted by Gasteiger charge is -2.31. The second-order valence-corrected chi connectivity index (χ2v) is 15.3. The summed E-state index contributed by atoms with van der Waals surface area (Å²) in [5, 5.41) is 10.7. The minimum Gasteiger partial charge on any atom is -0.496 e. The van der Waals surface area contributed by atoms with Crippen molar-refractivity contribution in [1.82, 2.24) is 29.4 Å². The van der Waals surface area contributed by atoms with Gasteiger partial charge in [-0.3, -0.25) is 19.0 Å². The van der Waals surface area contributed by atoms with E-state index in [4.69, 9.17) is 46.2 Å². The first-order valence-corrected chi connectivity index (χ1v) is 19.7. The monoisotopic (exact) mass is 822 g/mol. The summed E-state index contributed by atoms with van der Waals surface area (Å²) in [5.74, 6) is 0.511. The lowest BCUT2D eigenvalue weighted by Crippen LogP contribution is -2.41. The fourth-order valence-corrected chi connectivity index (χ4v) is 7.69. The van der Waals surface area contributed by atoms with Gasteiger partial charge in [-0.05, 0) is 79.9 Å². The molecule has 2 atom stereocenters. The zero-order valence-corrected chi connectivity index (χ0v) is 34.4. The second kappa shape index (κ2) is 17.5. The van der Waals surface area contributed by atoms with Gasteiger partial charge < -0.3 is 14.5 Å². The Kier molecular flexibility index (Phi) is 12.0. The Morgan fingerprint density at radius 1 is 0.695 bits per heavy atom. The normalized spacial score (nSPS) is 15.9. The van der Waals surface area contributed by atoms with Crippen LogP contribution in [0.3, 0.4) is 0 Å². The number of allylic oxidation sites excluding steroid dienone is 1. The van der Waals surface area contributed by atoms with Crippen molar-refractivity contribution < 1.29 is 14.3 Å². The standard InChI is InChI=1S/C24H21ClN4O.C22H19ClN4O2/c1-4-5-18-12-19(25)8-11-21(18)22-13-23-24(30)28(14-16(2)29(23)27-22)15-17-6-9-20(26-3)10-7-17;1-14-12-26(13-15-4-7-17(24-2)8-5-15)22(28)20-11-19(25-27(14)20)18-9-6-16(23)10-21(18)29-3/h4-13,16H,14-15H2,1-2H3;4-11,14H,12-13H2,1,3H3/t16-;14-/m00/s1. The first-order valence-electron chi connectivity index (χ1n) is 19.0. The van der Waals surface area contributed by atoms with Crippen molar-refractivity contribution in [2.45, 2.75) is 45.9 Å². The van der Waals surface area contributed by atoms with Gasteiger partial charge >= 0.3 is 0 Å². The number of nitrogens with zero attached hydrogens (tertiary/aromatic N) is 8. The third kappa shape index (κ3) is 8.63. The highest BCUT2D eigenvalue weighted by Crippen LogP contribution is 2.35. The highest BCUT2D eigenvalue weighted by atomic mass is 35.5. The molecule has 11 nitrogen and oxygen atoms in total. The smallest absolute Gasteiger partial charge is 0.272 e. The van der Waals surface area contributed by atoms with Crippen LogP contribution in [-0.4, -0.2) is 61.4 Å². The number of amides is 2. The van der Waals surface area contributed by atoms with Crippen molar-refractivity contribution in [3.8, 4) is 28.3 Å². The minimum absolute atomic E-state index is 0.0391. The molecule has 4 heterocycles. The number of carbonyl (C=O) groups is 2. The van der Waals surface area contributed by atoms with E-state index in [2.05, 4.69) is 21.7 Å². The van der Waals surface area contributed by atoms with Gasteiger partial charge in [0.2, 0.25) is 0 Å². The van der Waals surface area contributed by atoms with Crippen LogP contribution in [-0.2, 0) is 13.1 Å². The minimum atomic E-state index is -0.0657. The summed E-state index contributed by atoms with van der Waals surface area (Å²) in [4.78, 5) is 36.8. The lowest BCUT2D eigenvalue weighted by atomic mass is 10.0. The summed E-state index contributed by atoms with van der Waals surface area (Å²) >= 11 is 12.2. The number of rotatable bonds is 8. The molecule has 59 heavy (non-hydrogen) atoms. The van der Waals surface area contributed by atoms with E-state index in [1.54, 1.807) is 54.3 Å². The molecule has 2 aliphatic rings. The van der Waals surface area contributed by atoms with Crippen LogP contribution in [0.15, 0.2) is 103 Å². The van der Waals surface area contributed by atoms with E-state index in [0.29, 0.717) is 70.4 Å². The molecule has 2 aromatic heterocycles. The molecule has 6 aromatic rings.